The maximum Gasteiger partial charge on any atom is 0.237 e. The number of nitrogens with two attached hydrogens (primary N) is 2. The average Bonchev–Trinajstić information content (AvgIpc) is 2.23. The molecule has 0 saturated carbocycles. The molecule has 0 fully saturated rings. The Morgan fingerprint density at radius 1 is 1.53 bits per heavy atom. The molecule has 0 saturated heterocycles. The second-order valence-corrected chi connectivity index (χ2v) is 3.29. The highest BCUT2D eigenvalue weighted by molar-refractivity contribution is 5.81. The van der Waals surface area contributed by atoms with Crippen LogP contribution in [0.3, 0.4) is 0 Å². The fourth-order valence-corrected chi connectivity index (χ4v) is 0.902. The molecule has 15 heavy (non-hydrogen) atoms. The number of nitrogens with one attached hydrogen (secondary N) is 1. The summed E-state index contributed by atoms with van der Waals surface area (Å²) >= 11 is 0. The third-order valence-electron chi connectivity index (χ3n) is 1.90. The molecule has 0 aliphatic carbocycles. The average molecular weight is 219 g/mol. The van der Waals surface area contributed by atoms with Crippen molar-refractivity contribution in [2.75, 3.05) is 6.61 Å². The summed E-state index contributed by atoms with van der Waals surface area (Å²) in [5, 5.41) is 20.6. The molecule has 0 heterocycles. The van der Waals surface area contributed by atoms with E-state index in [1.54, 1.807) is 0 Å². The van der Waals surface area contributed by atoms with Crippen LogP contribution < -0.4 is 16.8 Å². The first kappa shape index (κ1) is 14.0. The first-order valence-corrected chi connectivity index (χ1v) is 4.49. The zero-order valence-electron chi connectivity index (χ0n) is 8.46. The van der Waals surface area contributed by atoms with Gasteiger partial charge in [0.05, 0.1) is 30.8 Å². The molecule has 0 radical (unpaired) electrons. The van der Waals surface area contributed by atoms with Crippen LogP contribution in [-0.4, -0.2) is 53.2 Å². The maximum atomic E-state index is 11.1. The lowest BCUT2D eigenvalue weighted by Gasteiger charge is -2.24. The van der Waals surface area contributed by atoms with Gasteiger partial charge < -0.3 is 31.8 Å². The predicted octanol–water partition coefficient (Wildman–Crippen LogP) is -3.30. The molecule has 7 heteroatoms. The van der Waals surface area contributed by atoms with E-state index in [4.69, 9.17) is 16.6 Å². The van der Waals surface area contributed by atoms with Gasteiger partial charge in [0.15, 0.2) is 0 Å². The minimum Gasteiger partial charge on any atom is -0.394 e. The quantitative estimate of drug-likeness (QED) is 0.296. The lowest BCUT2D eigenvalue weighted by atomic mass is 10.1. The SMILES string of the molecule is C[C@H](N)C(=O)N[C@H](CO)[C@@H](O)[C@H](N)C=O. The van der Waals surface area contributed by atoms with Gasteiger partial charge in [0.1, 0.15) is 6.29 Å². The van der Waals surface area contributed by atoms with Crippen molar-refractivity contribution in [1.82, 2.24) is 5.32 Å². The van der Waals surface area contributed by atoms with Crippen molar-refractivity contribution in [3.05, 3.63) is 0 Å². The van der Waals surface area contributed by atoms with E-state index in [-0.39, 0.29) is 0 Å². The molecule has 0 aromatic rings. The second kappa shape index (κ2) is 6.46. The Morgan fingerprint density at radius 2 is 2.07 bits per heavy atom. The number of aliphatic hydroxyl groups excluding tert-OH is 2. The van der Waals surface area contributed by atoms with Crippen molar-refractivity contribution in [3.8, 4) is 0 Å². The van der Waals surface area contributed by atoms with Crippen LogP contribution in [0, 0.1) is 0 Å². The van der Waals surface area contributed by atoms with E-state index in [0.717, 1.165) is 0 Å². The molecule has 0 spiro atoms. The molecule has 0 unspecified atom stereocenters. The summed E-state index contributed by atoms with van der Waals surface area (Å²) in [6.07, 6.45) is -0.999. The van der Waals surface area contributed by atoms with Crippen LogP contribution in [0.25, 0.3) is 0 Å². The van der Waals surface area contributed by atoms with E-state index in [2.05, 4.69) is 5.32 Å². The summed E-state index contributed by atoms with van der Waals surface area (Å²) < 4.78 is 0. The van der Waals surface area contributed by atoms with Crippen LogP contribution >= 0.6 is 0 Å². The van der Waals surface area contributed by atoms with Crippen molar-refractivity contribution < 1.29 is 19.8 Å². The molecule has 0 aliphatic heterocycles. The van der Waals surface area contributed by atoms with Crippen molar-refractivity contribution in [2.45, 2.75) is 31.2 Å². The number of aldehydes is 1. The van der Waals surface area contributed by atoms with Crippen LogP contribution in [0.1, 0.15) is 6.92 Å². The molecule has 4 atom stereocenters. The summed E-state index contributed by atoms with van der Waals surface area (Å²) in [4.78, 5) is 21.4. The smallest absolute Gasteiger partial charge is 0.237 e. The van der Waals surface area contributed by atoms with E-state index in [1.807, 2.05) is 0 Å². The van der Waals surface area contributed by atoms with Gasteiger partial charge >= 0.3 is 0 Å². The van der Waals surface area contributed by atoms with Crippen molar-refractivity contribution in [2.24, 2.45) is 11.5 Å². The molecular formula is C8H17N3O4. The Morgan fingerprint density at radius 3 is 2.40 bits per heavy atom. The van der Waals surface area contributed by atoms with E-state index in [9.17, 15) is 14.7 Å². The van der Waals surface area contributed by atoms with Crippen LogP contribution in [0.15, 0.2) is 0 Å². The number of hydrogen-bond acceptors (Lipinski definition) is 6. The van der Waals surface area contributed by atoms with Gasteiger partial charge in [0, 0.05) is 0 Å². The number of carbonyl (C=O) groups is 2. The minimum absolute atomic E-state index is 0.339. The number of hydrogen-bond donors (Lipinski definition) is 5. The van der Waals surface area contributed by atoms with Crippen LogP contribution in [0.4, 0.5) is 0 Å². The summed E-state index contributed by atoms with van der Waals surface area (Å²) in [7, 11) is 0. The zero-order valence-corrected chi connectivity index (χ0v) is 8.46. The normalized spacial score (nSPS) is 18.7. The van der Waals surface area contributed by atoms with Gasteiger partial charge in [-0.1, -0.05) is 0 Å². The Labute approximate surface area is 87.4 Å². The highest BCUT2D eigenvalue weighted by atomic mass is 16.3. The molecule has 0 rings (SSSR count). The number of rotatable bonds is 6. The van der Waals surface area contributed by atoms with E-state index < -0.39 is 36.7 Å². The molecule has 0 aromatic heterocycles. The fraction of sp³-hybridized carbons (Fsp3) is 0.750. The minimum atomic E-state index is -1.34. The Kier molecular flexibility index (Phi) is 6.02. The molecule has 7 N–H and O–H groups in total. The molecule has 1 amide bonds. The number of aliphatic hydroxyl groups is 2. The van der Waals surface area contributed by atoms with E-state index in [0.29, 0.717) is 6.29 Å². The number of amides is 1. The summed E-state index contributed by atoms with van der Waals surface area (Å²) in [6.45, 7) is 0.928. The van der Waals surface area contributed by atoms with E-state index >= 15 is 0 Å². The first-order chi connectivity index (χ1) is 6.93. The topological polar surface area (TPSA) is 139 Å². The molecule has 88 valence electrons. The van der Waals surface area contributed by atoms with Gasteiger partial charge in [0.25, 0.3) is 0 Å². The number of carbonyl (C=O) groups excluding carboxylic acids is 2. The predicted molar refractivity (Wildman–Crippen MR) is 52.7 cm³/mol. The van der Waals surface area contributed by atoms with Crippen molar-refractivity contribution >= 4 is 12.2 Å². The maximum absolute atomic E-state index is 11.1. The third kappa shape index (κ3) is 4.34. The standard InChI is InChI=1S/C8H17N3O4/c1-4(9)8(15)11-6(3-13)7(14)5(10)2-12/h2,4-7,13-14H,3,9-10H2,1H3,(H,11,15)/t4-,5+,6+,7-/m0/s1. The highest BCUT2D eigenvalue weighted by Gasteiger charge is 2.26. The molecule has 0 aromatic carbocycles. The van der Waals surface area contributed by atoms with E-state index in [1.165, 1.54) is 6.92 Å². The van der Waals surface area contributed by atoms with Crippen molar-refractivity contribution in [1.29, 1.82) is 0 Å². The van der Waals surface area contributed by atoms with Gasteiger partial charge in [-0.2, -0.15) is 0 Å². The summed E-state index contributed by atoms with van der Waals surface area (Å²) in [6, 6.07) is -2.92. The Hall–Kier alpha value is -1.02. The monoisotopic (exact) mass is 219 g/mol. The molecule has 7 nitrogen and oxygen atoms in total. The fourth-order valence-electron chi connectivity index (χ4n) is 0.902. The third-order valence-corrected chi connectivity index (χ3v) is 1.90. The van der Waals surface area contributed by atoms with Crippen molar-refractivity contribution in [3.63, 3.8) is 0 Å². The van der Waals surface area contributed by atoms with Crippen LogP contribution in [0.5, 0.6) is 0 Å². The van der Waals surface area contributed by atoms with Crippen LogP contribution in [0.2, 0.25) is 0 Å². The van der Waals surface area contributed by atoms with Gasteiger partial charge in [-0.15, -0.1) is 0 Å². The summed E-state index contributed by atoms with van der Waals surface area (Å²) in [5.74, 6) is -0.536. The first-order valence-electron chi connectivity index (χ1n) is 4.49. The zero-order chi connectivity index (χ0) is 12.0. The second-order valence-electron chi connectivity index (χ2n) is 3.29. The Balaban J connectivity index is 4.36. The van der Waals surface area contributed by atoms with Crippen LogP contribution in [-0.2, 0) is 9.59 Å². The molecule has 0 bridgehead atoms. The Bertz CT molecular complexity index is 222. The largest absolute Gasteiger partial charge is 0.394 e. The van der Waals surface area contributed by atoms with Gasteiger partial charge in [-0.25, -0.2) is 0 Å². The van der Waals surface area contributed by atoms with Gasteiger partial charge in [-0.05, 0) is 6.92 Å². The summed E-state index contributed by atoms with van der Waals surface area (Å²) in [5.41, 5.74) is 10.5. The molecular weight excluding hydrogens is 202 g/mol. The lowest BCUT2D eigenvalue weighted by Crippen LogP contribution is -2.56. The van der Waals surface area contributed by atoms with Gasteiger partial charge in [0.2, 0.25) is 5.91 Å². The lowest BCUT2D eigenvalue weighted by molar-refractivity contribution is -0.125. The highest BCUT2D eigenvalue weighted by Crippen LogP contribution is 1.97. The van der Waals surface area contributed by atoms with Gasteiger partial charge in [-0.3, -0.25) is 4.79 Å². The molecule has 0 aliphatic rings.